The van der Waals surface area contributed by atoms with Crippen LogP contribution >= 0.6 is 0 Å². The summed E-state index contributed by atoms with van der Waals surface area (Å²) >= 11 is 0. The molecule has 1 saturated heterocycles. The number of hydrogen-bond acceptors (Lipinski definition) is 6. The van der Waals surface area contributed by atoms with Crippen molar-refractivity contribution < 1.29 is 14.2 Å². The molecule has 0 atom stereocenters. The van der Waals surface area contributed by atoms with Gasteiger partial charge in [-0.05, 0) is 13.0 Å². The number of hydrogen-bond donors (Lipinski definition) is 0. The van der Waals surface area contributed by atoms with E-state index in [0.29, 0.717) is 31.9 Å². The Labute approximate surface area is 132 Å². The van der Waals surface area contributed by atoms with Gasteiger partial charge in [0, 0.05) is 50.1 Å². The van der Waals surface area contributed by atoms with E-state index in [1.54, 1.807) is 30.0 Å². The van der Waals surface area contributed by atoms with Crippen LogP contribution in [0.2, 0.25) is 0 Å². The fourth-order valence-corrected chi connectivity index (χ4v) is 2.59. The summed E-state index contributed by atoms with van der Waals surface area (Å²) < 4.78 is 5.00. The second-order valence-electron chi connectivity index (χ2n) is 5.39. The Hall–Kier alpha value is -2.90. The summed E-state index contributed by atoms with van der Waals surface area (Å²) in [5.74, 6) is 0.0654. The molecule has 2 heterocycles. The van der Waals surface area contributed by atoms with Crippen molar-refractivity contribution in [2.45, 2.75) is 6.92 Å². The van der Waals surface area contributed by atoms with E-state index in [1.807, 2.05) is 11.0 Å². The van der Waals surface area contributed by atoms with Gasteiger partial charge in [0.15, 0.2) is 0 Å². The number of carbonyl (C=O) groups is 1. The first-order valence-corrected chi connectivity index (χ1v) is 7.26. The van der Waals surface area contributed by atoms with Crippen LogP contribution in [0, 0.1) is 17.0 Å². The average Bonchev–Trinajstić information content (AvgIpc) is 3.01. The molecular weight excluding hydrogens is 300 g/mol. The summed E-state index contributed by atoms with van der Waals surface area (Å²) in [5, 5.41) is 14.6. The highest BCUT2D eigenvalue weighted by atomic mass is 16.6. The Morgan fingerprint density at radius 3 is 2.61 bits per heavy atom. The Balaban J connectivity index is 1.65. The SMILES string of the molecule is Cc1cc(C(=O)N2CCN(c3cccc([N+](=O)[O-])c3)CC2)on1. The molecule has 2 aromatic rings. The maximum Gasteiger partial charge on any atom is 0.292 e. The normalized spacial score (nSPS) is 14.8. The Morgan fingerprint density at radius 1 is 1.26 bits per heavy atom. The van der Waals surface area contributed by atoms with Gasteiger partial charge in [-0.3, -0.25) is 14.9 Å². The topological polar surface area (TPSA) is 92.7 Å². The van der Waals surface area contributed by atoms with Crippen LogP contribution in [0.1, 0.15) is 16.2 Å². The van der Waals surface area contributed by atoms with Crippen LogP contribution in [-0.4, -0.2) is 47.1 Å². The smallest absolute Gasteiger partial charge is 0.292 e. The van der Waals surface area contributed by atoms with E-state index in [-0.39, 0.29) is 17.4 Å². The lowest BCUT2D eigenvalue weighted by molar-refractivity contribution is -0.384. The minimum atomic E-state index is -0.407. The molecule has 1 aromatic heterocycles. The lowest BCUT2D eigenvalue weighted by Gasteiger charge is -2.35. The molecule has 1 aliphatic heterocycles. The van der Waals surface area contributed by atoms with Crippen molar-refractivity contribution in [3.63, 3.8) is 0 Å². The van der Waals surface area contributed by atoms with E-state index in [0.717, 1.165) is 5.69 Å². The van der Waals surface area contributed by atoms with E-state index < -0.39 is 4.92 Å². The second kappa shape index (κ2) is 6.07. The zero-order valence-electron chi connectivity index (χ0n) is 12.6. The molecule has 1 amide bonds. The fourth-order valence-electron chi connectivity index (χ4n) is 2.59. The molecule has 1 aliphatic rings. The van der Waals surface area contributed by atoms with Crippen molar-refractivity contribution in [2.24, 2.45) is 0 Å². The van der Waals surface area contributed by atoms with Crippen molar-refractivity contribution in [3.8, 4) is 0 Å². The number of nitrogens with zero attached hydrogens (tertiary/aromatic N) is 4. The van der Waals surface area contributed by atoms with E-state index in [4.69, 9.17) is 4.52 Å². The molecule has 3 rings (SSSR count). The summed E-state index contributed by atoms with van der Waals surface area (Å²) in [6.07, 6.45) is 0. The lowest BCUT2D eigenvalue weighted by Crippen LogP contribution is -2.48. The monoisotopic (exact) mass is 316 g/mol. The molecule has 1 fully saturated rings. The first kappa shape index (κ1) is 15.0. The van der Waals surface area contributed by atoms with Gasteiger partial charge in [-0.25, -0.2) is 0 Å². The zero-order valence-corrected chi connectivity index (χ0v) is 12.6. The Kier molecular flexibility index (Phi) is 3.96. The number of nitro groups is 1. The first-order chi connectivity index (χ1) is 11.0. The molecule has 0 unspecified atom stereocenters. The maximum atomic E-state index is 12.3. The fraction of sp³-hybridized carbons (Fsp3) is 0.333. The second-order valence-corrected chi connectivity index (χ2v) is 5.39. The molecule has 120 valence electrons. The average molecular weight is 316 g/mol. The Morgan fingerprint density at radius 2 is 2.00 bits per heavy atom. The summed E-state index contributed by atoms with van der Waals surface area (Å²) in [7, 11) is 0. The molecule has 0 N–H and O–H groups in total. The van der Waals surface area contributed by atoms with Crippen LogP contribution in [0.5, 0.6) is 0 Å². The third-order valence-electron chi connectivity index (χ3n) is 3.81. The van der Waals surface area contributed by atoms with Crippen molar-refractivity contribution in [1.82, 2.24) is 10.1 Å². The number of carbonyl (C=O) groups excluding carboxylic acids is 1. The number of non-ortho nitro benzene ring substituents is 1. The molecule has 0 spiro atoms. The van der Waals surface area contributed by atoms with Crippen LogP contribution in [0.25, 0.3) is 0 Å². The molecule has 1 aromatic carbocycles. The van der Waals surface area contributed by atoms with Gasteiger partial charge in [0.1, 0.15) is 0 Å². The molecular formula is C15H16N4O4. The summed E-state index contributed by atoms with van der Waals surface area (Å²) in [6.45, 7) is 4.04. The predicted octanol–water partition coefficient (Wildman–Crippen LogP) is 1.85. The number of aromatic nitrogens is 1. The minimum absolute atomic E-state index is 0.0677. The molecule has 8 heteroatoms. The first-order valence-electron chi connectivity index (χ1n) is 7.26. The van der Waals surface area contributed by atoms with Crippen LogP contribution in [0.15, 0.2) is 34.9 Å². The maximum absolute atomic E-state index is 12.3. The summed E-state index contributed by atoms with van der Waals surface area (Å²) in [5.41, 5.74) is 1.53. The quantitative estimate of drug-likeness (QED) is 0.634. The number of anilines is 1. The van der Waals surface area contributed by atoms with Crippen LogP contribution < -0.4 is 4.90 Å². The van der Waals surface area contributed by atoms with Crippen LogP contribution in [0.4, 0.5) is 11.4 Å². The third kappa shape index (κ3) is 3.15. The number of amides is 1. The zero-order chi connectivity index (χ0) is 16.4. The van der Waals surface area contributed by atoms with Gasteiger partial charge in [0.2, 0.25) is 5.76 Å². The van der Waals surface area contributed by atoms with Crippen molar-refractivity contribution in [1.29, 1.82) is 0 Å². The van der Waals surface area contributed by atoms with Crippen LogP contribution in [-0.2, 0) is 0 Å². The van der Waals surface area contributed by atoms with Crippen molar-refractivity contribution in [2.75, 3.05) is 31.1 Å². The standard InChI is InChI=1S/C15H16N4O4/c1-11-9-14(23-16-11)15(20)18-7-5-17(6-8-18)12-3-2-4-13(10-12)19(21)22/h2-4,9-10H,5-8H2,1H3. The van der Waals surface area contributed by atoms with Gasteiger partial charge >= 0.3 is 0 Å². The Bertz CT molecular complexity index is 735. The van der Waals surface area contributed by atoms with Gasteiger partial charge in [-0.15, -0.1) is 0 Å². The third-order valence-corrected chi connectivity index (χ3v) is 3.81. The molecule has 0 bridgehead atoms. The van der Waals surface area contributed by atoms with E-state index in [2.05, 4.69) is 5.16 Å². The number of benzene rings is 1. The molecule has 0 radical (unpaired) electrons. The van der Waals surface area contributed by atoms with Gasteiger partial charge in [-0.1, -0.05) is 11.2 Å². The summed E-state index contributed by atoms with van der Waals surface area (Å²) in [4.78, 5) is 26.5. The molecule has 8 nitrogen and oxygen atoms in total. The van der Waals surface area contributed by atoms with Gasteiger partial charge in [0.25, 0.3) is 11.6 Å². The van der Waals surface area contributed by atoms with Crippen molar-refractivity contribution in [3.05, 3.63) is 51.9 Å². The number of rotatable bonds is 3. The highest BCUT2D eigenvalue weighted by Gasteiger charge is 2.25. The van der Waals surface area contributed by atoms with Gasteiger partial charge in [-0.2, -0.15) is 0 Å². The summed E-state index contributed by atoms with van der Waals surface area (Å²) in [6, 6.07) is 8.15. The minimum Gasteiger partial charge on any atom is -0.368 e. The van der Waals surface area contributed by atoms with Gasteiger partial charge < -0.3 is 14.3 Å². The number of piperazine rings is 1. The lowest BCUT2D eigenvalue weighted by atomic mass is 10.2. The van der Waals surface area contributed by atoms with Crippen molar-refractivity contribution >= 4 is 17.3 Å². The molecule has 0 aliphatic carbocycles. The van der Waals surface area contributed by atoms with E-state index in [9.17, 15) is 14.9 Å². The molecule has 23 heavy (non-hydrogen) atoms. The molecule has 0 saturated carbocycles. The predicted molar refractivity (Wildman–Crippen MR) is 82.5 cm³/mol. The van der Waals surface area contributed by atoms with E-state index in [1.165, 1.54) is 6.07 Å². The highest BCUT2D eigenvalue weighted by molar-refractivity contribution is 5.91. The number of nitro benzene ring substituents is 1. The number of aryl methyl sites for hydroxylation is 1. The van der Waals surface area contributed by atoms with Gasteiger partial charge in [0.05, 0.1) is 10.6 Å². The van der Waals surface area contributed by atoms with E-state index >= 15 is 0 Å². The largest absolute Gasteiger partial charge is 0.368 e. The van der Waals surface area contributed by atoms with Crippen LogP contribution in [0.3, 0.4) is 0 Å². The highest BCUT2D eigenvalue weighted by Crippen LogP contribution is 2.22.